The van der Waals surface area contributed by atoms with E-state index in [1.165, 1.54) is 12.8 Å². The molecule has 1 aromatic rings. The van der Waals surface area contributed by atoms with Gasteiger partial charge in [-0.15, -0.1) is 0 Å². The standard InChI is InChI=1S/C15H22FN/c1-12(2)17-11-15(9-5-6-10-15)13-7-3-4-8-14(13)16/h3-4,7-8,12,17H,5-6,9-11H2,1-2H3. The van der Waals surface area contributed by atoms with Crippen LogP contribution in [0.5, 0.6) is 0 Å². The first-order valence-corrected chi connectivity index (χ1v) is 6.62. The summed E-state index contributed by atoms with van der Waals surface area (Å²) in [6.45, 7) is 5.18. The Morgan fingerprint density at radius 1 is 1.24 bits per heavy atom. The van der Waals surface area contributed by atoms with Gasteiger partial charge < -0.3 is 5.32 Å². The van der Waals surface area contributed by atoms with Gasteiger partial charge in [-0.05, 0) is 24.5 Å². The summed E-state index contributed by atoms with van der Waals surface area (Å²) in [5.41, 5.74) is 0.931. The molecule has 1 nitrogen and oxygen atoms in total. The molecule has 0 atom stereocenters. The van der Waals surface area contributed by atoms with Gasteiger partial charge in [0.15, 0.2) is 0 Å². The lowest BCUT2D eigenvalue weighted by Crippen LogP contribution is -2.39. The van der Waals surface area contributed by atoms with Gasteiger partial charge in [0, 0.05) is 18.0 Å². The molecule has 0 bridgehead atoms. The van der Waals surface area contributed by atoms with Crippen LogP contribution in [0.3, 0.4) is 0 Å². The molecule has 94 valence electrons. The van der Waals surface area contributed by atoms with Crippen molar-refractivity contribution in [3.63, 3.8) is 0 Å². The molecule has 2 heteroatoms. The van der Waals surface area contributed by atoms with E-state index in [1.807, 2.05) is 12.1 Å². The van der Waals surface area contributed by atoms with Crippen LogP contribution in [0.4, 0.5) is 4.39 Å². The maximum atomic E-state index is 14.0. The molecule has 0 aromatic heterocycles. The Kier molecular flexibility index (Phi) is 3.82. The Balaban J connectivity index is 2.25. The van der Waals surface area contributed by atoms with E-state index >= 15 is 0 Å². The molecule has 0 unspecified atom stereocenters. The van der Waals surface area contributed by atoms with Crippen molar-refractivity contribution in [2.24, 2.45) is 0 Å². The highest BCUT2D eigenvalue weighted by molar-refractivity contribution is 5.29. The minimum absolute atomic E-state index is 0.0234. The van der Waals surface area contributed by atoms with Crippen molar-refractivity contribution in [2.45, 2.75) is 51.0 Å². The molecule has 0 amide bonds. The monoisotopic (exact) mass is 235 g/mol. The third-order valence-corrected chi connectivity index (χ3v) is 3.85. The molecular formula is C15H22FN. The fourth-order valence-corrected chi connectivity index (χ4v) is 2.88. The van der Waals surface area contributed by atoms with E-state index in [4.69, 9.17) is 0 Å². The van der Waals surface area contributed by atoms with Gasteiger partial charge in [0.2, 0.25) is 0 Å². The first-order chi connectivity index (χ1) is 8.14. The first-order valence-electron chi connectivity index (χ1n) is 6.62. The minimum atomic E-state index is -0.0417. The second-order valence-corrected chi connectivity index (χ2v) is 5.50. The van der Waals surface area contributed by atoms with E-state index in [2.05, 4.69) is 19.2 Å². The van der Waals surface area contributed by atoms with Crippen molar-refractivity contribution >= 4 is 0 Å². The first kappa shape index (κ1) is 12.6. The summed E-state index contributed by atoms with van der Waals surface area (Å²) in [4.78, 5) is 0. The Hall–Kier alpha value is -0.890. The van der Waals surface area contributed by atoms with Crippen molar-refractivity contribution < 1.29 is 4.39 Å². The molecule has 0 saturated heterocycles. The smallest absolute Gasteiger partial charge is 0.127 e. The molecular weight excluding hydrogens is 213 g/mol. The fourth-order valence-electron chi connectivity index (χ4n) is 2.88. The van der Waals surface area contributed by atoms with Gasteiger partial charge in [-0.2, -0.15) is 0 Å². The van der Waals surface area contributed by atoms with Crippen LogP contribution >= 0.6 is 0 Å². The van der Waals surface area contributed by atoms with Crippen molar-refractivity contribution in [3.05, 3.63) is 35.6 Å². The number of benzene rings is 1. The summed E-state index contributed by atoms with van der Waals surface area (Å²) in [5.74, 6) is -0.0417. The molecule has 2 rings (SSSR count). The summed E-state index contributed by atoms with van der Waals surface area (Å²) < 4.78 is 14.0. The van der Waals surface area contributed by atoms with Crippen LogP contribution < -0.4 is 5.32 Å². The van der Waals surface area contributed by atoms with E-state index in [1.54, 1.807) is 12.1 Å². The molecule has 0 aliphatic heterocycles. The van der Waals surface area contributed by atoms with Crippen molar-refractivity contribution in [1.29, 1.82) is 0 Å². The average Bonchev–Trinajstić information content (AvgIpc) is 2.77. The van der Waals surface area contributed by atoms with Crippen molar-refractivity contribution in [1.82, 2.24) is 5.32 Å². The summed E-state index contributed by atoms with van der Waals surface area (Å²) in [7, 11) is 0. The SMILES string of the molecule is CC(C)NCC1(c2ccccc2F)CCCC1. The van der Waals surface area contributed by atoms with Gasteiger partial charge in [-0.3, -0.25) is 0 Å². The molecule has 1 N–H and O–H groups in total. The van der Waals surface area contributed by atoms with E-state index in [0.29, 0.717) is 6.04 Å². The largest absolute Gasteiger partial charge is 0.314 e. The van der Waals surface area contributed by atoms with Crippen LogP contribution in [-0.2, 0) is 5.41 Å². The zero-order valence-corrected chi connectivity index (χ0v) is 10.8. The maximum absolute atomic E-state index is 14.0. The van der Waals surface area contributed by atoms with Gasteiger partial charge in [-0.25, -0.2) is 4.39 Å². The predicted octanol–water partition coefficient (Wildman–Crippen LogP) is 3.64. The second-order valence-electron chi connectivity index (χ2n) is 5.50. The van der Waals surface area contributed by atoms with Gasteiger partial charge in [0.25, 0.3) is 0 Å². The van der Waals surface area contributed by atoms with E-state index in [9.17, 15) is 4.39 Å². The number of halogens is 1. The van der Waals surface area contributed by atoms with Crippen molar-refractivity contribution in [2.75, 3.05) is 6.54 Å². The van der Waals surface area contributed by atoms with Crippen LogP contribution in [-0.4, -0.2) is 12.6 Å². The van der Waals surface area contributed by atoms with E-state index in [-0.39, 0.29) is 11.2 Å². The van der Waals surface area contributed by atoms with Crippen LogP contribution in [0, 0.1) is 5.82 Å². The Labute approximate surface area is 103 Å². The van der Waals surface area contributed by atoms with Gasteiger partial charge in [0.05, 0.1) is 0 Å². The van der Waals surface area contributed by atoms with Gasteiger partial charge in [0.1, 0.15) is 5.82 Å². The van der Waals surface area contributed by atoms with Crippen LogP contribution in [0.2, 0.25) is 0 Å². The minimum Gasteiger partial charge on any atom is -0.314 e. The highest BCUT2D eigenvalue weighted by atomic mass is 19.1. The molecule has 1 fully saturated rings. The Bertz CT molecular complexity index is 367. The lowest BCUT2D eigenvalue weighted by atomic mass is 9.78. The molecule has 17 heavy (non-hydrogen) atoms. The zero-order valence-electron chi connectivity index (χ0n) is 10.8. The summed E-state index contributed by atoms with van der Waals surface area (Å²) in [6, 6.07) is 7.73. The van der Waals surface area contributed by atoms with Crippen molar-refractivity contribution in [3.8, 4) is 0 Å². The van der Waals surface area contributed by atoms with Gasteiger partial charge >= 0.3 is 0 Å². The molecule has 1 aromatic carbocycles. The molecule has 0 spiro atoms. The highest BCUT2D eigenvalue weighted by Gasteiger charge is 2.37. The Morgan fingerprint density at radius 3 is 2.47 bits per heavy atom. The summed E-state index contributed by atoms with van der Waals surface area (Å²) in [5, 5.41) is 3.49. The van der Waals surface area contributed by atoms with Crippen LogP contribution in [0.15, 0.2) is 24.3 Å². The lowest BCUT2D eigenvalue weighted by molar-refractivity contribution is 0.372. The maximum Gasteiger partial charge on any atom is 0.127 e. The third kappa shape index (κ3) is 2.68. The predicted molar refractivity (Wildman–Crippen MR) is 69.7 cm³/mol. The van der Waals surface area contributed by atoms with E-state index < -0.39 is 0 Å². The number of nitrogens with one attached hydrogen (secondary N) is 1. The third-order valence-electron chi connectivity index (χ3n) is 3.85. The zero-order chi connectivity index (χ0) is 12.3. The average molecular weight is 235 g/mol. The fraction of sp³-hybridized carbons (Fsp3) is 0.600. The topological polar surface area (TPSA) is 12.0 Å². The molecule has 1 aliphatic carbocycles. The van der Waals surface area contributed by atoms with Crippen LogP contribution in [0.1, 0.15) is 45.1 Å². The molecule has 1 saturated carbocycles. The van der Waals surface area contributed by atoms with Crippen LogP contribution in [0.25, 0.3) is 0 Å². The number of rotatable bonds is 4. The lowest BCUT2D eigenvalue weighted by Gasteiger charge is -2.31. The van der Waals surface area contributed by atoms with E-state index in [0.717, 1.165) is 24.9 Å². The highest BCUT2D eigenvalue weighted by Crippen LogP contribution is 2.41. The molecule has 0 heterocycles. The second kappa shape index (κ2) is 5.18. The summed E-state index contributed by atoms with van der Waals surface area (Å²) >= 11 is 0. The summed E-state index contributed by atoms with van der Waals surface area (Å²) in [6.07, 6.45) is 4.64. The molecule has 1 aliphatic rings. The Morgan fingerprint density at radius 2 is 1.88 bits per heavy atom. The molecule has 0 radical (unpaired) electrons. The number of hydrogen-bond donors (Lipinski definition) is 1. The van der Waals surface area contributed by atoms with Gasteiger partial charge in [-0.1, -0.05) is 44.9 Å². The normalized spacial score (nSPS) is 18.8. The quantitative estimate of drug-likeness (QED) is 0.840. The number of hydrogen-bond acceptors (Lipinski definition) is 1.